The molecule has 0 radical (unpaired) electrons. The molecule has 1 saturated heterocycles. The molecule has 0 saturated carbocycles. The fourth-order valence-corrected chi connectivity index (χ4v) is 1.75. The van der Waals surface area contributed by atoms with E-state index in [1.165, 1.54) is 7.11 Å². The normalized spacial score (nSPS) is 19.5. The molecule has 92 valence electrons. The van der Waals surface area contributed by atoms with E-state index in [0.717, 1.165) is 12.1 Å². The monoisotopic (exact) mass is 243 g/mol. The standard InChI is InChI=1S/C11H11F2NO3/c1-16-6-4-7(12)10(8(13)5-6)9-2-3-17-11(15)14-9/h4-5,9H,2-3H2,1H3,(H,14,15)/t9-/m0/s1. The van der Waals surface area contributed by atoms with E-state index in [-0.39, 0.29) is 17.9 Å². The fourth-order valence-electron chi connectivity index (χ4n) is 1.75. The maximum Gasteiger partial charge on any atom is 0.407 e. The Morgan fingerprint density at radius 3 is 2.59 bits per heavy atom. The molecule has 1 aromatic rings. The van der Waals surface area contributed by atoms with Gasteiger partial charge in [0.05, 0.1) is 19.8 Å². The Morgan fingerprint density at radius 2 is 2.06 bits per heavy atom. The van der Waals surface area contributed by atoms with Crippen LogP contribution in [0.25, 0.3) is 0 Å². The van der Waals surface area contributed by atoms with Crippen LogP contribution in [0, 0.1) is 11.6 Å². The van der Waals surface area contributed by atoms with Crippen LogP contribution in [-0.4, -0.2) is 19.8 Å². The van der Waals surface area contributed by atoms with Gasteiger partial charge in [-0.25, -0.2) is 13.6 Å². The maximum absolute atomic E-state index is 13.7. The van der Waals surface area contributed by atoms with E-state index >= 15 is 0 Å². The Hall–Kier alpha value is -1.85. The molecule has 2 rings (SSSR count). The molecular weight excluding hydrogens is 232 g/mol. The Kier molecular flexibility index (Phi) is 3.12. The van der Waals surface area contributed by atoms with Crippen molar-refractivity contribution in [2.75, 3.05) is 13.7 Å². The summed E-state index contributed by atoms with van der Waals surface area (Å²) < 4.78 is 36.8. The van der Waals surface area contributed by atoms with Crippen LogP contribution >= 0.6 is 0 Å². The summed E-state index contributed by atoms with van der Waals surface area (Å²) >= 11 is 0. The summed E-state index contributed by atoms with van der Waals surface area (Å²) in [4.78, 5) is 11.0. The van der Waals surface area contributed by atoms with Crippen LogP contribution in [0.1, 0.15) is 18.0 Å². The van der Waals surface area contributed by atoms with Gasteiger partial charge in [0.2, 0.25) is 0 Å². The second-order valence-corrected chi connectivity index (χ2v) is 3.63. The molecule has 1 fully saturated rings. The number of cyclic esters (lactones) is 1. The van der Waals surface area contributed by atoms with Gasteiger partial charge in [0.1, 0.15) is 17.4 Å². The van der Waals surface area contributed by atoms with Crippen molar-refractivity contribution in [3.05, 3.63) is 29.3 Å². The van der Waals surface area contributed by atoms with Crippen molar-refractivity contribution in [2.24, 2.45) is 0 Å². The lowest BCUT2D eigenvalue weighted by Crippen LogP contribution is -2.36. The molecule has 1 aliphatic rings. The van der Waals surface area contributed by atoms with E-state index in [4.69, 9.17) is 4.74 Å². The summed E-state index contributed by atoms with van der Waals surface area (Å²) in [6.07, 6.45) is -0.345. The second kappa shape index (κ2) is 4.57. The fraction of sp³-hybridized carbons (Fsp3) is 0.364. The molecule has 0 aromatic heterocycles. The van der Waals surface area contributed by atoms with Crippen LogP contribution in [0.4, 0.5) is 13.6 Å². The molecule has 1 aliphatic heterocycles. The zero-order chi connectivity index (χ0) is 12.4. The number of ether oxygens (including phenoxy) is 2. The molecule has 6 heteroatoms. The Balaban J connectivity index is 2.34. The van der Waals surface area contributed by atoms with Gasteiger partial charge in [-0.2, -0.15) is 0 Å². The molecule has 0 unspecified atom stereocenters. The van der Waals surface area contributed by atoms with Gasteiger partial charge in [0.25, 0.3) is 0 Å². The van der Waals surface area contributed by atoms with Crippen LogP contribution in [0.3, 0.4) is 0 Å². The van der Waals surface area contributed by atoms with Crippen molar-refractivity contribution in [3.8, 4) is 5.75 Å². The molecule has 17 heavy (non-hydrogen) atoms. The Morgan fingerprint density at radius 1 is 1.41 bits per heavy atom. The third-order valence-corrected chi connectivity index (χ3v) is 2.57. The minimum Gasteiger partial charge on any atom is -0.497 e. The first-order valence-corrected chi connectivity index (χ1v) is 5.08. The highest BCUT2D eigenvalue weighted by Crippen LogP contribution is 2.28. The summed E-state index contributed by atoms with van der Waals surface area (Å²) in [5.41, 5.74) is -0.164. The first kappa shape index (κ1) is 11.6. The number of methoxy groups -OCH3 is 1. The van der Waals surface area contributed by atoms with E-state index in [2.05, 4.69) is 10.1 Å². The SMILES string of the molecule is COc1cc(F)c([C@@H]2CCOC(=O)N2)c(F)c1. The summed E-state index contributed by atoms with van der Waals surface area (Å²) in [5, 5.41) is 2.37. The average molecular weight is 243 g/mol. The van der Waals surface area contributed by atoms with Crippen molar-refractivity contribution >= 4 is 6.09 Å². The lowest BCUT2D eigenvalue weighted by molar-refractivity contribution is 0.114. The molecule has 1 N–H and O–H groups in total. The third-order valence-electron chi connectivity index (χ3n) is 2.57. The van der Waals surface area contributed by atoms with Gasteiger partial charge in [-0.3, -0.25) is 0 Å². The molecule has 1 heterocycles. The highest BCUT2D eigenvalue weighted by Gasteiger charge is 2.26. The smallest absolute Gasteiger partial charge is 0.407 e. The predicted octanol–water partition coefficient (Wildman–Crippen LogP) is 2.14. The van der Waals surface area contributed by atoms with E-state index in [0.29, 0.717) is 6.42 Å². The maximum atomic E-state index is 13.7. The third kappa shape index (κ3) is 2.30. The molecule has 0 bridgehead atoms. The molecule has 0 aliphatic carbocycles. The number of benzene rings is 1. The second-order valence-electron chi connectivity index (χ2n) is 3.63. The number of hydrogen-bond acceptors (Lipinski definition) is 3. The van der Waals surface area contributed by atoms with Crippen molar-refractivity contribution in [1.82, 2.24) is 5.32 Å². The van der Waals surface area contributed by atoms with Gasteiger partial charge in [0, 0.05) is 24.1 Å². The van der Waals surface area contributed by atoms with E-state index in [1.54, 1.807) is 0 Å². The van der Waals surface area contributed by atoms with Gasteiger partial charge in [0.15, 0.2) is 0 Å². The summed E-state index contributed by atoms with van der Waals surface area (Å²) in [7, 11) is 1.32. The number of carbonyl (C=O) groups is 1. The number of alkyl carbamates (subject to hydrolysis) is 1. The summed E-state index contributed by atoms with van der Waals surface area (Å²) in [5.74, 6) is -1.38. The van der Waals surface area contributed by atoms with Crippen LogP contribution in [0.15, 0.2) is 12.1 Å². The number of hydrogen-bond donors (Lipinski definition) is 1. The lowest BCUT2D eigenvalue weighted by atomic mass is 10.0. The van der Waals surface area contributed by atoms with Crippen molar-refractivity contribution < 1.29 is 23.0 Å². The summed E-state index contributed by atoms with van der Waals surface area (Å²) in [6, 6.07) is 1.46. The van der Waals surface area contributed by atoms with Gasteiger partial charge in [-0.05, 0) is 0 Å². The molecule has 1 atom stereocenters. The van der Waals surface area contributed by atoms with Gasteiger partial charge >= 0.3 is 6.09 Å². The van der Waals surface area contributed by atoms with Crippen LogP contribution in [0.2, 0.25) is 0 Å². The predicted molar refractivity (Wildman–Crippen MR) is 54.8 cm³/mol. The highest BCUT2D eigenvalue weighted by atomic mass is 19.1. The first-order chi connectivity index (χ1) is 8.11. The topological polar surface area (TPSA) is 47.6 Å². The number of amides is 1. The molecule has 0 spiro atoms. The first-order valence-electron chi connectivity index (χ1n) is 5.08. The highest BCUT2D eigenvalue weighted by molar-refractivity contribution is 5.68. The molecule has 1 amide bonds. The zero-order valence-electron chi connectivity index (χ0n) is 9.13. The number of rotatable bonds is 2. The van der Waals surface area contributed by atoms with Crippen molar-refractivity contribution in [1.29, 1.82) is 0 Å². The molecule has 1 aromatic carbocycles. The zero-order valence-corrected chi connectivity index (χ0v) is 9.13. The number of carbonyl (C=O) groups excluding carboxylic acids is 1. The number of nitrogens with one attached hydrogen (secondary N) is 1. The minimum absolute atomic E-state index is 0.0992. The minimum atomic E-state index is -0.742. The van der Waals surface area contributed by atoms with E-state index in [9.17, 15) is 13.6 Å². The van der Waals surface area contributed by atoms with E-state index in [1.807, 2.05) is 0 Å². The Bertz CT molecular complexity index is 427. The van der Waals surface area contributed by atoms with Gasteiger partial charge < -0.3 is 14.8 Å². The van der Waals surface area contributed by atoms with Gasteiger partial charge in [-0.15, -0.1) is 0 Å². The van der Waals surface area contributed by atoms with Crippen LogP contribution in [-0.2, 0) is 4.74 Å². The molecule has 4 nitrogen and oxygen atoms in total. The molecular formula is C11H11F2NO3. The average Bonchev–Trinajstić information content (AvgIpc) is 2.28. The quantitative estimate of drug-likeness (QED) is 0.865. The lowest BCUT2D eigenvalue weighted by Gasteiger charge is -2.24. The van der Waals surface area contributed by atoms with Gasteiger partial charge in [-0.1, -0.05) is 0 Å². The summed E-state index contributed by atoms with van der Waals surface area (Å²) in [6.45, 7) is 0.140. The largest absolute Gasteiger partial charge is 0.497 e. The van der Waals surface area contributed by atoms with Crippen LogP contribution < -0.4 is 10.1 Å². The Labute approximate surface area is 96.5 Å². The van der Waals surface area contributed by atoms with Crippen LogP contribution in [0.5, 0.6) is 5.75 Å². The number of halogens is 2. The van der Waals surface area contributed by atoms with Crippen molar-refractivity contribution in [3.63, 3.8) is 0 Å². The van der Waals surface area contributed by atoms with E-state index < -0.39 is 23.8 Å². The van der Waals surface area contributed by atoms with Crippen molar-refractivity contribution in [2.45, 2.75) is 12.5 Å².